The van der Waals surface area contributed by atoms with Gasteiger partial charge in [-0.25, -0.2) is 9.67 Å². The molecule has 0 radical (unpaired) electrons. The SMILES string of the molecule is CCCn1ccnc1C(=O)c1cn(C2CCNCC2)nn1. The Balaban J connectivity index is 1.78. The molecule has 2 aromatic rings. The lowest BCUT2D eigenvalue weighted by Crippen LogP contribution is -2.29. The smallest absolute Gasteiger partial charge is 0.250 e. The summed E-state index contributed by atoms with van der Waals surface area (Å²) in [6.07, 6.45) is 8.22. The van der Waals surface area contributed by atoms with Crippen LogP contribution >= 0.6 is 0 Å². The maximum Gasteiger partial charge on any atom is 0.250 e. The molecule has 7 nitrogen and oxygen atoms in total. The van der Waals surface area contributed by atoms with Crippen molar-refractivity contribution < 1.29 is 4.79 Å². The van der Waals surface area contributed by atoms with Gasteiger partial charge in [0.1, 0.15) is 0 Å². The summed E-state index contributed by atoms with van der Waals surface area (Å²) in [5.74, 6) is 0.280. The van der Waals surface area contributed by atoms with Gasteiger partial charge in [0, 0.05) is 18.9 Å². The molecule has 0 aromatic carbocycles. The molecule has 1 N–H and O–H groups in total. The normalized spacial score (nSPS) is 16.2. The number of imidazole rings is 1. The average Bonchev–Trinajstić information content (AvgIpc) is 3.17. The molecule has 2 aromatic heterocycles. The maximum absolute atomic E-state index is 12.5. The number of ketones is 1. The highest BCUT2D eigenvalue weighted by atomic mass is 16.1. The second-order valence-corrected chi connectivity index (χ2v) is 5.34. The lowest BCUT2D eigenvalue weighted by atomic mass is 10.1. The van der Waals surface area contributed by atoms with Crippen LogP contribution in [0.25, 0.3) is 0 Å². The van der Waals surface area contributed by atoms with Crippen LogP contribution in [0.15, 0.2) is 18.6 Å². The molecule has 1 aliphatic rings. The lowest BCUT2D eigenvalue weighted by Gasteiger charge is -2.22. The number of hydrogen-bond acceptors (Lipinski definition) is 5. The number of aryl methyl sites for hydroxylation is 1. The molecule has 0 aliphatic carbocycles. The van der Waals surface area contributed by atoms with Crippen LogP contribution < -0.4 is 5.32 Å². The first-order valence-electron chi connectivity index (χ1n) is 7.48. The number of carbonyl (C=O) groups is 1. The largest absolute Gasteiger partial charge is 0.328 e. The Morgan fingerprint density at radius 1 is 1.43 bits per heavy atom. The van der Waals surface area contributed by atoms with Crippen molar-refractivity contribution in [2.75, 3.05) is 13.1 Å². The molecule has 0 saturated carbocycles. The van der Waals surface area contributed by atoms with Crippen molar-refractivity contribution in [3.05, 3.63) is 30.1 Å². The van der Waals surface area contributed by atoms with Crippen molar-refractivity contribution in [1.29, 1.82) is 0 Å². The molecule has 0 bridgehead atoms. The van der Waals surface area contributed by atoms with E-state index in [4.69, 9.17) is 0 Å². The molecule has 0 spiro atoms. The Labute approximate surface area is 123 Å². The summed E-state index contributed by atoms with van der Waals surface area (Å²) in [6.45, 7) is 4.81. The van der Waals surface area contributed by atoms with Gasteiger partial charge in [0.25, 0.3) is 0 Å². The molecule has 3 rings (SSSR count). The summed E-state index contributed by atoms with van der Waals surface area (Å²) in [5, 5.41) is 11.5. The van der Waals surface area contributed by atoms with E-state index in [1.807, 2.05) is 15.4 Å². The Kier molecular flexibility index (Phi) is 4.10. The second kappa shape index (κ2) is 6.17. The second-order valence-electron chi connectivity index (χ2n) is 5.34. The van der Waals surface area contributed by atoms with Gasteiger partial charge in [-0.2, -0.15) is 0 Å². The minimum Gasteiger partial charge on any atom is -0.328 e. The molecule has 0 amide bonds. The number of carbonyl (C=O) groups excluding carboxylic acids is 1. The van der Waals surface area contributed by atoms with Gasteiger partial charge in [0.05, 0.1) is 12.2 Å². The standard InChI is InChI=1S/C14H20N6O/c1-2-8-19-9-7-16-14(19)13(21)12-10-20(18-17-12)11-3-5-15-6-4-11/h7,9-11,15H,2-6,8H2,1H3. The topological polar surface area (TPSA) is 77.6 Å². The van der Waals surface area contributed by atoms with Crippen LogP contribution in [0.3, 0.4) is 0 Å². The summed E-state index contributed by atoms with van der Waals surface area (Å²) in [7, 11) is 0. The molecule has 21 heavy (non-hydrogen) atoms. The van der Waals surface area contributed by atoms with E-state index in [1.165, 1.54) is 0 Å². The number of nitrogens with zero attached hydrogens (tertiary/aromatic N) is 5. The Bertz CT molecular complexity index is 611. The fourth-order valence-corrected chi connectivity index (χ4v) is 2.68. The third-order valence-corrected chi connectivity index (χ3v) is 3.81. The van der Waals surface area contributed by atoms with Gasteiger partial charge in [0.15, 0.2) is 11.5 Å². The molecule has 0 unspecified atom stereocenters. The van der Waals surface area contributed by atoms with Crippen LogP contribution in [0.1, 0.15) is 48.5 Å². The van der Waals surface area contributed by atoms with Crippen molar-refractivity contribution in [2.24, 2.45) is 0 Å². The summed E-state index contributed by atoms with van der Waals surface area (Å²) in [4.78, 5) is 16.6. The van der Waals surface area contributed by atoms with Crippen molar-refractivity contribution in [3.63, 3.8) is 0 Å². The third kappa shape index (κ3) is 2.87. The van der Waals surface area contributed by atoms with Crippen molar-refractivity contribution in [1.82, 2.24) is 29.9 Å². The average molecular weight is 288 g/mol. The zero-order valence-corrected chi connectivity index (χ0v) is 12.2. The summed E-state index contributed by atoms with van der Waals surface area (Å²) < 4.78 is 3.69. The van der Waals surface area contributed by atoms with Gasteiger partial charge in [-0.15, -0.1) is 5.10 Å². The number of aromatic nitrogens is 5. The Morgan fingerprint density at radius 3 is 3.00 bits per heavy atom. The van der Waals surface area contributed by atoms with E-state index in [0.29, 0.717) is 17.6 Å². The number of hydrogen-bond donors (Lipinski definition) is 1. The summed E-state index contributed by atoms with van der Waals surface area (Å²) >= 11 is 0. The van der Waals surface area contributed by atoms with Gasteiger partial charge in [-0.3, -0.25) is 4.79 Å². The van der Waals surface area contributed by atoms with Crippen LogP contribution in [0.4, 0.5) is 0 Å². The minimum absolute atomic E-state index is 0.159. The molecular weight excluding hydrogens is 268 g/mol. The van der Waals surface area contributed by atoms with Crippen LogP contribution in [0.2, 0.25) is 0 Å². The van der Waals surface area contributed by atoms with Gasteiger partial charge in [-0.1, -0.05) is 12.1 Å². The first-order valence-corrected chi connectivity index (χ1v) is 7.48. The van der Waals surface area contributed by atoms with E-state index in [2.05, 4.69) is 27.5 Å². The highest BCUT2D eigenvalue weighted by molar-refractivity contribution is 6.05. The Hall–Kier alpha value is -2.02. The summed E-state index contributed by atoms with van der Waals surface area (Å²) in [5.41, 5.74) is 0.372. The van der Waals surface area contributed by atoms with Crippen molar-refractivity contribution in [2.45, 2.75) is 38.8 Å². The van der Waals surface area contributed by atoms with Gasteiger partial charge < -0.3 is 9.88 Å². The summed E-state index contributed by atoms with van der Waals surface area (Å²) in [6, 6.07) is 0.329. The number of nitrogens with one attached hydrogen (secondary N) is 1. The highest BCUT2D eigenvalue weighted by Crippen LogP contribution is 2.17. The van der Waals surface area contributed by atoms with E-state index in [9.17, 15) is 4.79 Å². The first kappa shape index (κ1) is 13.9. The van der Waals surface area contributed by atoms with Crippen molar-refractivity contribution in [3.8, 4) is 0 Å². The fourth-order valence-electron chi connectivity index (χ4n) is 2.68. The number of piperidine rings is 1. The monoisotopic (exact) mass is 288 g/mol. The van der Waals surface area contributed by atoms with Crippen LogP contribution in [0, 0.1) is 0 Å². The molecule has 7 heteroatoms. The minimum atomic E-state index is -0.159. The van der Waals surface area contributed by atoms with E-state index in [0.717, 1.165) is 38.9 Å². The molecule has 3 heterocycles. The highest BCUT2D eigenvalue weighted by Gasteiger charge is 2.21. The first-order chi connectivity index (χ1) is 10.3. The molecule has 1 fully saturated rings. The van der Waals surface area contributed by atoms with Gasteiger partial charge in [-0.05, 0) is 32.4 Å². The Morgan fingerprint density at radius 2 is 2.24 bits per heavy atom. The van der Waals surface area contributed by atoms with Crippen LogP contribution in [-0.2, 0) is 6.54 Å². The quantitative estimate of drug-likeness (QED) is 0.832. The third-order valence-electron chi connectivity index (χ3n) is 3.81. The van der Waals surface area contributed by atoms with E-state index >= 15 is 0 Å². The van der Waals surface area contributed by atoms with Gasteiger partial charge in [0.2, 0.25) is 5.78 Å². The lowest BCUT2D eigenvalue weighted by molar-refractivity contribution is 0.102. The molecule has 0 atom stereocenters. The molecule has 1 aliphatic heterocycles. The fraction of sp³-hybridized carbons (Fsp3) is 0.571. The zero-order chi connectivity index (χ0) is 14.7. The van der Waals surface area contributed by atoms with E-state index < -0.39 is 0 Å². The molecule has 112 valence electrons. The predicted octanol–water partition coefficient (Wildman–Crippen LogP) is 1.04. The molecular formula is C14H20N6O. The molecule has 1 saturated heterocycles. The zero-order valence-electron chi connectivity index (χ0n) is 12.2. The van der Waals surface area contributed by atoms with Crippen molar-refractivity contribution >= 4 is 5.78 Å². The van der Waals surface area contributed by atoms with Crippen LogP contribution in [0.5, 0.6) is 0 Å². The van der Waals surface area contributed by atoms with E-state index in [-0.39, 0.29) is 5.78 Å². The van der Waals surface area contributed by atoms with Crippen LogP contribution in [-0.4, -0.2) is 43.4 Å². The predicted molar refractivity (Wildman–Crippen MR) is 77.1 cm³/mol. The van der Waals surface area contributed by atoms with Gasteiger partial charge >= 0.3 is 0 Å². The van der Waals surface area contributed by atoms with E-state index in [1.54, 1.807) is 12.4 Å². The number of rotatable bonds is 5. The maximum atomic E-state index is 12.5.